The number of aliphatic hydroxyl groups is 1. The minimum atomic E-state index is -0.867. The summed E-state index contributed by atoms with van der Waals surface area (Å²) in [6.45, 7) is 7.74. The lowest BCUT2D eigenvalue weighted by Crippen LogP contribution is -2.56. The van der Waals surface area contributed by atoms with E-state index < -0.39 is 33.4 Å². The van der Waals surface area contributed by atoms with Gasteiger partial charge in [0, 0.05) is 30.9 Å². The third-order valence-corrected chi connectivity index (χ3v) is 10.2. The molecule has 1 aromatic carbocycles. The number of hydrogen-bond acceptors (Lipinski definition) is 5. The second-order valence-corrected chi connectivity index (χ2v) is 12.7. The van der Waals surface area contributed by atoms with Crippen molar-refractivity contribution in [3.63, 3.8) is 0 Å². The highest BCUT2D eigenvalue weighted by Crippen LogP contribution is 2.65. The van der Waals surface area contributed by atoms with Crippen LogP contribution < -0.4 is 0 Å². The van der Waals surface area contributed by atoms with Gasteiger partial charge >= 0.3 is 0 Å². The van der Waals surface area contributed by atoms with Gasteiger partial charge in [0.05, 0.1) is 29.2 Å². The summed E-state index contributed by atoms with van der Waals surface area (Å²) in [4.78, 5) is 47.9. The van der Waals surface area contributed by atoms with E-state index in [2.05, 4.69) is 13.0 Å². The number of hydrogen-bond donors (Lipinski definition) is 1. The molecule has 0 saturated carbocycles. The molecule has 0 radical (unpaired) electrons. The SMILES string of the molecule is CCCCN1CC=C[C@]23S[C@@]4(C)C=CCN(Cc5ccccc5)C(=O)[C@H]4[C@H]2C(=O)N([C@H](C)CO)C3C1=O. The van der Waals surface area contributed by atoms with Gasteiger partial charge in [-0.05, 0) is 25.8 Å². The van der Waals surface area contributed by atoms with Crippen molar-refractivity contribution in [1.82, 2.24) is 14.7 Å². The summed E-state index contributed by atoms with van der Waals surface area (Å²) in [5, 5.41) is 10.1. The van der Waals surface area contributed by atoms with E-state index in [9.17, 15) is 19.5 Å². The van der Waals surface area contributed by atoms with Crippen molar-refractivity contribution < 1.29 is 19.5 Å². The lowest BCUT2D eigenvalue weighted by molar-refractivity contribution is -0.147. The Morgan fingerprint density at radius 2 is 1.70 bits per heavy atom. The van der Waals surface area contributed by atoms with Crippen molar-refractivity contribution in [3.05, 3.63) is 60.2 Å². The molecule has 0 aromatic heterocycles. The molecular weight excluding hydrogens is 486 g/mol. The fourth-order valence-electron chi connectivity index (χ4n) is 6.62. The van der Waals surface area contributed by atoms with Gasteiger partial charge in [-0.15, -0.1) is 11.8 Å². The van der Waals surface area contributed by atoms with Crippen LogP contribution in [0.3, 0.4) is 0 Å². The van der Waals surface area contributed by atoms with Crippen LogP contribution in [0.4, 0.5) is 0 Å². The molecule has 1 unspecified atom stereocenters. The first-order chi connectivity index (χ1) is 17.8. The van der Waals surface area contributed by atoms with Gasteiger partial charge in [0.1, 0.15) is 6.04 Å². The van der Waals surface area contributed by atoms with Crippen LogP contribution in [0.1, 0.15) is 39.2 Å². The van der Waals surface area contributed by atoms with Gasteiger partial charge in [0.25, 0.3) is 0 Å². The number of aliphatic hydroxyl groups excluding tert-OH is 1. The third-order valence-electron chi connectivity index (χ3n) is 8.40. The number of nitrogens with zero attached hydrogens (tertiary/aromatic N) is 3. The van der Waals surface area contributed by atoms with Crippen LogP contribution in [0.15, 0.2) is 54.6 Å². The number of benzene rings is 1. The van der Waals surface area contributed by atoms with Gasteiger partial charge in [-0.2, -0.15) is 0 Å². The molecule has 3 amide bonds. The van der Waals surface area contributed by atoms with Crippen LogP contribution in [0.25, 0.3) is 0 Å². The number of carbonyl (C=O) groups is 3. The Morgan fingerprint density at radius 1 is 1.00 bits per heavy atom. The first-order valence-electron chi connectivity index (χ1n) is 13.4. The Bertz CT molecular complexity index is 1120. The van der Waals surface area contributed by atoms with E-state index in [4.69, 9.17) is 0 Å². The predicted molar refractivity (Wildman–Crippen MR) is 145 cm³/mol. The summed E-state index contributed by atoms with van der Waals surface area (Å²) >= 11 is 1.59. The zero-order chi connectivity index (χ0) is 26.4. The van der Waals surface area contributed by atoms with Crippen molar-refractivity contribution in [3.8, 4) is 0 Å². The molecule has 1 aromatic rings. The molecular formula is C29H37N3O4S. The normalized spacial score (nSPS) is 33.8. The molecule has 8 heteroatoms. The molecule has 2 fully saturated rings. The maximum absolute atomic E-state index is 14.2. The van der Waals surface area contributed by atoms with Gasteiger partial charge in [-0.1, -0.05) is 68.0 Å². The Kier molecular flexibility index (Phi) is 7.00. The molecule has 198 valence electrons. The molecule has 4 aliphatic heterocycles. The van der Waals surface area contributed by atoms with E-state index in [0.29, 0.717) is 26.2 Å². The van der Waals surface area contributed by atoms with Crippen molar-refractivity contribution in [2.45, 2.75) is 61.7 Å². The summed E-state index contributed by atoms with van der Waals surface area (Å²) < 4.78 is -1.49. The second kappa shape index (κ2) is 9.95. The Balaban J connectivity index is 1.58. The molecule has 5 rings (SSSR count). The number of unbranched alkanes of at least 4 members (excludes halogenated alkanes) is 1. The molecule has 7 nitrogen and oxygen atoms in total. The zero-order valence-electron chi connectivity index (χ0n) is 21.9. The first kappa shape index (κ1) is 26.0. The first-order valence-corrected chi connectivity index (χ1v) is 14.2. The van der Waals surface area contributed by atoms with Crippen molar-refractivity contribution in [1.29, 1.82) is 0 Å². The monoisotopic (exact) mass is 523 g/mol. The lowest BCUT2D eigenvalue weighted by atomic mass is 9.74. The molecule has 37 heavy (non-hydrogen) atoms. The standard InChI is InChI=1S/C29H37N3O4S/c1-4-5-15-30-16-10-14-29-23(26(35)32(20(2)19-33)24(29)27(30)36)22-25(34)31(17-9-13-28(22,3)37-29)18-21-11-7-6-8-12-21/h6-14,20,22-24,33H,4-5,15-19H2,1-3H3/t20-,22-,23+,24?,28+,29+/m1/s1. The number of carbonyl (C=O) groups excluding carboxylic acids is 3. The topological polar surface area (TPSA) is 81.2 Å². The quantitative estimate of drug-likeness (QED) is 0.556. The van der Waals surface area contributed by atoms with E-state index in [1.807, 2.05) is 65.3 Å². The molecule has 0 aliphatic carbocycles. The van der Waals surface area contributed by atoms with E-state index in [0.717, 1.165) is 18.4 Å². The number of rotatable bonds is 7. The highest BCUT2D eigenvalue weighted by Gasteiger charge is 2.74. The van der Waals surface area contributed by atoms with Crippen molar-refractivity contribution >= 4 is 29.5 Å². The maximum Gasteiger partial charge on any atom is 0.247 e. The van der Waals surface area contributed by atoms with Crippen LogP contribution in [0.2, 0.25) is 0 Å². The van der Waals surface area contributed by atoms with E-state index in [1.165, 1.54) is 0 Å². The summed E-state index contributed by atoms with van der Waals surface area (Å²) in [6.07, 6.45) is 10.0. The van der Waals surface area contributed by atoms with Gasteiger partial charge in [0.15, 0.2) is 0 Å². The Hall–Kier alpha value is -2.58. The largest absolute Gasteiger partial charge is 0.394 e. The fraction of sp³-hybridized carbons (Fsp3) is 0.552. The highest BCUT2D eigenvalue weighted by molar-refractivity contribution is 8.02. The lowest BCUT2D eigenvalue weighted by Gasteiger charge is -2.38. The van der Waals surface area contributed by atoms with Crippen LogP contribution >= 0.6 is 11.8 Å². The van der Waals surface area contributed by atoms with E-state index in [1.54, 1.807) is 23.6 Å². The fourth-order valence-corrected chi connectivity index (χ4v) is 8.76. The Labute approximate surface area is 223 Å². The smallest absolute Gasteiger partial charge is 0.247 e. The van der Waals surface area contributed by atoms with Crippen molar-refractivity contribution in [2.75, 3.05) is 26.2 Å². The zero-order valence-corrected chi connectivity index (χ0v) is 22.7. The molecule has 1 spiro atoms. The average molecular weight is 524 g/mol. The third kappa shape index (κ3) is 4.13. The number of likely N-dealkylation sites (tertiary alicyclic amines) is 1. The molecule has 0 bridgehead atoms. The van der Waals surface area contributed by atoms with Crippen LogP contribution in [0, 0.1) is 11.8 Å². The van der Waals surface area contributed by atoms with Crippen molar-refractivity contribution in [2.24, 2.45) is 11.8 Å². The van der Waals surface area contributed by atoms with Crippen LogP contribution in [0.5, 0.6) is 0 Å². The minimum absolute atomic E-state index is 0.0516. The van der Waals surface area contributed by atoms with Gasteiger partial charge in [-0.25, -0.2) is 0 Å². The number of amides is 3. The number of thioether (sulfide) groups is 1. The summed E-state index contributed by atoms with van der Waals surface area (Å²) in [5.74, 6) is -1.62. The summed E-state index contributed by atoms with van der Waals surface area (Å²) in [7, 11) is 0. The molecule has 6 atom stereocenters. The van der Waals surface area contributed by atoms with Crippen LogP contribution in [-0.2, 0) is 20.9 Å². The highest BCUT2D eigenvalue weighted by atomic mass is 32.2. The average Bonchev–Trinajstić information content (AvgIpc) is 3.18. The minimum Gasteiger partial charge on any atom is -0.394 e. The predicted octanol–water partition coefficient (Wildman–Crippen LogP) is 2.85. The molecule has 2 saturated heterocycles. The second-order valence-electron chi connectivity index (χ2n) is 10.9. The maximum atomic E-state index is 14.2. The van der Waals surface area contributed by atoms with Gasteiger partial charge in [0.2, 0.25) is 17.7 Å². The molecule has 4 heterocycles. The van der Waals surface area contributed by atoms with E-state index >= 15 is 0 Å². The van der Waals surface area contributed by atoms with Gasteiger partial charge in [-0.3, -0.25) is 14.4 Å². The summed E-state index contributed by atoms with van der Waals surface area (Å²) in [6, 6.07) is 8.62. The molecule has 1 N–H and O–H groups in total. The number of fused-ring (bicyclic) bond motifs is 2. The summed E-state index contributed by atoms with van der Waals surface area (Å²) in [5.41, 5.74) is 1.04. The van der Waals surface area contributed by atoms with Crippen LogP contribution in [-0.4, -0.2) is 85.3 Å². The van der Waals surface area contributed by atoms with E-state index in [-0.39, 0.29) is 24.3 Å². The molecule has 4 aliphatic rings. The Morgan fingerprint density at radius 3 is 2.41 bits per heavy atom. The van der Waals surface area contributed by atoms with Gasteiger partial charge < -0.3 is 19.8 Å².